The molecule has 0 aliphatic carbocycles. The van der Waals surface area contributed by atoms with Crippen LogP contribution in [0.5, 0.6) is 0 Å². The van der Waals surface area contributed by atoms with Crippen molar-refractivity contribution in [3.63, 3.8) is 0 Å². The zero-order valence-corrected chi connectivity index (χ0v) is 11.8. The van der Waals surface area contributed by atoms with Gasteiger partial charge >= 0.3 is 0 Å². The summed E-state index contributed by atoms with van der Waals surface area (Å²) in [5.74, 6) is -0.144. The van der Waals surface area contributed by atoms with Crippen LogP contribution in [0.1, 0.15) is 26.7 Å². The summed E-state index contributed by atoms with van der Waals surface area (Å²) in [7, 11) is -3.30. The summed E-state index contributed by atoms with van der Waals surface area (Å²) in [4.78, 5) is 11.2. The van der Waals surface area contributed by atoms with Crippen LogP contribution in [-0.4, -0.2) is 56.7 Å². The van der Waals surface area contributed by atoms with E-state index in [0.717, 1.165) is 6.42 Å². The average molecular weight is 278 g/mol. The first-order chi connectivity index (χ1) is 8.47. The summed E-state index contributed by atoms with van der Waals surface area (Å²) >= 11 is 0. The molecule has 0 bridgehead atoms. The molecule has 0 saturated carbocycles. The molecule has 106 valence electrons. The lowest BCUT2D eigenvalue weighted by atomic mass is 10.3. The number of morpholine rings is 1. The average Bonchev–Trinajstić information content (AvgIpc) is 2.29. The molecular formula is C11H22N2O4S. The third-order valence-corrected chi connectivity index (χ3v) is 4.80. The number of hydrogen-bond donors (Lipinski definition) is 1. The molecule has 6 nitrogen and oxygen atoms in total. The van der Waals surface area contributed by atoms with E-state index < -0.39 is 10.0 Å². The Bertz CT molecular complexity index is 369. The van der Waals surface area contributed by atoms with Gasteiger partial charge < -0.3 is 10.1 Å². The van der Waals surface area contributed by atoms with Gasteiger partial charge in [0.15, 0.2) is 0 Å². The Morgan fingerprint density at radius 1 is 1.50 bits per heavy atom. The first-order valence-electron chi connectivity index (χ1n) is 6.31. The summed E-state index contributed by atoms with van der Waals surface area (Å²) in [5.41, 5.74) is 0. The second-order valence-electron chi connectivity index (χ2n) is 4.45. The van der Waals surface area contributed by atoms with E-state index >= 15 is 0 Å². The number of nitrogens with zero attached hydrogens (tertiary/aromatic N) is 1. The van der Waals surface area contributed by atoms with E-state index in [0.29, 0.717) is 26.2 Å². The first kappa shape index (κ1) is 15.4. The van der Waals surface area contributed by atoms with E-state index in [1.165, 1.54) is 4.31 Å². The maximum Gasteiger partial charge on any atom is 0.220 e. The molecule has 1 unspecified atom stereocenters. The Morgan fingerprint density at radius 2 is 2.22 bits per heavy atom. The fourth-order valence-corrected chi connectivity index (χ4v) is 3.43. The Hall–Kier alpha value is -0.660. The van der Waals surface area contributed by atoms with Gasteiger partial charge in [-0.1, -0.05) is 6.92 Å². The van der Waals surface area contributed by atoms with Crippen molar-refractivity contribution in [3.8, 4) is 0 Å². The maximum absolute atomic E-state index is 12.1. The number of ether oxygens (including phenoxy) is 1. The highest BCUT2D eigenvalue weighted by atomic mass is 32.2. The van der Waals surface area contributed by atoms with Gasteiger partial charge in [-0.2, -0.15) is 4.31 Å². The Balaban J connectivity index is 2.41. The number of amides is 1. The highest BCUT2D eigenvalue weighted by Gasteiger charge is 2.29. The lowest BCUT2D eigenvalue weighted by Gasteiger charge is -2.32. The standard InChI is InChI=1S/C11H22N2O4S/c1-3-4-11(14)12-5-8-18(15,16)13-6-7-17-9-10(13)2/h10H,3-9H2,1-2H3,(H,12,14). The molecule has 1 fully saturated rings. The maximum atomic E-state index is 12.1. The highest BCUT2D eigenvalue weighted by molar-refractivity contribution is 7.89. The molecular weight excluding hydrogens is 256 g/mol. The van der Waals surface area contributed by atoms with Crippen molar-refractivity contribution in [1.82, 2.24) is 9.62 Å². The fourth-order valence-electron chi connectivity index (χ4n) is 1.88. The monoisotopic (exact) mass is 278 g/mol. The molecule has 1 heterocycles. The second-order valence-corrected chi connectivity index (χ2v) is 6.49. The van der Waals surface area contributed by atoms with Crippen LogP contribution in [0.4, 0.5) is 0 Å². The molecule has 1 aliphatic rings. The van der Waals surface area contributed by atoms with Crippen LogP contribution in [0, 0.1) is 0 Å². The van der Waals surface area contributed by atoms with Crippen molar-refractivity contribution in [2.24, 2.45) is 0 Å². The van der Waals surface area contributed by atoms with Gasteiger partial charge in [-0.3, -0.25) is 4.79 Å². The van der Waals surface area contributed by atoms with Gasteiger partial charge in [0.2, 0.25) is 15.9 Å². The van der Waals surface area contributed by atoms with Crippen molar-refractivity contribution in [1.29, 1.82) is 0 Å². The van der Waals surface area contributed by atoms with Gasteiger partial charge in [0.25, 0.3) is 0 Å². The van der Waals surface area contributed by atoms with Crippen LogP contribution in [0.2, 0.25) is 0 Å². The first-order valence-corrected chi connectivity index (χ1v) is 7.92. The van der Waals surface area contributed by atoms with E-state index in [1.54, 1.807) is 0 Å². The van der Waals surface area contributed by atoms with E-state index in [-0.39, 0.29) is 24.2 Å². The van der Waals surface area contributed by atoms with Crippen LogP contribution in [0.15, 0.2) is 0 Å². The summed E-state index contributed by atoms with van der Waals surface area (Å²) in [5, 5.41) is 2.62. The molecule has 0 aromatic rings. The summed E-state index contributed by atoms with van der Waals surface area (Å²) in [6.07, 6.45) is 1.20. The van der Waals surface area contributed by atoms with Crippen LogP contribution >= 0.6 is 0 Å². The molecule has 1 rings (SSSR count). The van der Waals surface area contributed by atoms with Gasteiger partial charge in [-0.05, 0) is 13.3 Å². The van der Waals surface area contributed by atoms with Gasteiger partial charge in [0, 0.05) is 25.6 Å². The Labute approximate surface area is 109 Å². The van der Waals surface area contributed by atoms with Crippen LogP contribution in [0.3, 0.4) is 0 Å². The van der Waals surface area contributed by atoms with Crippen molar-refractivity contribution < 1.29 is 17.9 Å². The number of rotatable bonds is 6. The summed E-state index contributed by atoms with van der Waals surface area (Å²) < 4.78 is 30.8. The number of carbonyl (C=O) groups is 1. The zero-order chi connectivity index (χ0) is 13.6. The van der Waals surface area contributed by atoms with E-state index in [2.05, 4.69) is 5.32 Å². The SMILES string of the molecule is CCCC(=O)NCCS(=O)(=O)N1CCOCC1C. The van der Waals surface area contributed by atoms with Crippen molar-refractivity contribution in [3.05, 3.63) is 0 Å². The van der Waals surface area contributed by atoms with Crippen LogP contribution in [-0.2, 0) is 19.6 Å². The smallest absolute Gasteiger partial charge is 0.220 e. The quantitative estimate of drug-likeness (QED) is 0.739. The number of nitrogens with one attached hydrogen (secondary N) is 1. The normalized spacial score (nSPS) is 21.8. The predicted molar refractivity (Wildman–Crippen MR) is 68.7 cm³/mol. The molecule has 1 amide bonds. The van der Waals surface area contributed by atoms with Crippen molar-refractivity contribution in [2.45, 2.75) is 32.7 Å². The predicted octanol–water partition coefficient (Wildman–Crippen LogP) is -0.0468. The molecule has 1 saturated heterocycles. The minimum Gasteiger partial charge on any atom is -0.378 e. The third-order valence-electron chi connectivity index (χ3n) is 2.82. The molecule has 1 N–H and O–H groups in total. The topological polar surface area (TPSA) is 75.7 Å². The molecule has 1 atom stereocenters. The molecule has 0 spiro atoms. The van der Waals surface area contributed by atoms with E-state index in [9.17, 15) is 13.2 Å². The van der Waals surface area contributed by atoms with Crippen LogP contribution < -0.4 is 5.32 Å². The van der Waals surface area contributed by atoms with Crippen LogP contribution in [0.25, 0.3) is 0 Å². The number of hydrogen-bond acceptors (Lipinski definition) is 4. The molecule has 0 aromatic carbocycles. The largest absolute Gasteiger partial charge is 0.378 e. The fraction of sp³-hybridized carbons (Fsp3) is 0.909. The summed E-state index contributed by atoms with van der Waals surface area (Å²) in [6.45, 7) is 5.17. The highest BCUT2D eigenvalue weighted by Crippen LogP contribution is 2.11. The number of carbonyl (C=O) groups excluding carboxylic acids is 1. The Morgan fingerprint density at radius 3 is 2.83 bits per heavy atom. The lowest BCUT2D eigenvalue weighted by Crippen LogP contribution is -2.49. The number of sulfonamides is 1. The Kier molecular flexibility index (Phi) is 6.04. The molecule has 7 heteroatoms. The zero-order valence-electron chi connectivity index (χ0n) is 11.0. The lowest BCUT2D eigenvalue weighted by molar-refractivity contribution is -0.120. The molecule has 1 aliphatic heterocycles. The van der Waals surface area contributed by atoms with Crippen molar-refractivity contribution >= 4 is 15.9 Å². The minimum absolute atomic E-state index is 0.0488. The molecule has 18 heavy (non-hydrogen) atoms. The minimum atomic E-state index is -3.30. The van der Waals surface area contributed by atoms with Gasteiger partial charge in [0.1, 0.15) is 0 Å². The summed E-state index contributed by atoms with van der Waals surface area (Å²) in [6, 6.07) is -0.130. The van der Waals surface area contributed by atoms with E-state index in [4.69, 9.17) is 4.74 Å². The van der Waals surface area contributed by atoms with Gasteiger partial charge in [0.05, 0.1) is 19.0 Å². The molecule has 0 radical (unpaired) electrons. The van der Waals surface area contributed by atoms with E-state index in [1.807, 2.05) is 13.8 Å². The molecule has 0 aromatic heterocycles. The van der Waals surface area contributed by atoms with Crippen molar-refractivity contribution in [2.75, 3.05) is 32.1 Å². The third kappa shape index (κ3) is 4.55. The van der Waals surface area contributed by atoms with Gasteiger partial charge in [-0.25, -0.2) is 8.42 Å². The van der Waals surface area contributed by atoms with Gasteiger partial charge in [-0.15, -0.1) is 0 Å². The second kappa shape index (κ2) is 7.06.